The largest absolute Gasteiger partial charge is 0.468 e. The highest BCUT2D eigenvalue weighted by molar-refractivity contribution is 5.98. The number of allylic oxidation sites excluding steroid dienone is 1. The molecule has 31 heavy (non-hydrogen) atoms. The Morgan fingerprint density at radius 3 is 2.77 bits per heavy atom. The average molecular weight is 433 g/mol. The molecule has 2 heterocycles. The summed E-state index contributed by atoms with van der Waals surface area (Å²) in [5, 5.41) is 2.82. The van der Waals surface area contributed by atoms with E-state index in [1.54, 1.807) is 18.1 Å². The molecule has 2 aliphatic rings. The summed E-state index contributed by atoms with van der Waals surface area (Å²) in [6.45, 7) is 3.02. The highest BCUT2D eigenvalue weighted by atomic mass is 16.5. The topological polar surface area (TPSA) is 98.1 Å². The molecule has 0 radical (unpaired) electrons. The molecule has 1 aliphatic carbocycles. The number of nitrogens with one attached hydrogen (secondary N) is 1. The van der Waals surface area contributed by atoms with Crippen LogP contribution in [-0.2, 0) is 30.4 Å². The zero-order valence-electron chi connectivity index (χ0n) is 18.6. The van der Waals surface area contributed by atoms with Crippen molar-refractivity contribution < 1.29 is 28.3 Å². The number of hydrogen-bond acceptors (Lipinski definition) is 6. The zero-order chi connectivity index (χ0) is 22.4. The fourth-order valence-corrected chi connectivity index (χ4v) is 4.73. The Kier molecular flexibility index (Phi) is 7.54. The number of esters is 1. The molecule has 0 bridgehead atoms. The number of fused-ring (bicyclic) bond motifs is 1. The second-order valence-electron chi connectivity index (χ2n) is 8.18. The first-order chi connectivity index (χ1) is 14.9. The van der Waals surface area contributed by atoms with Crippen LogP contribution in [0.2, 0.25) is 0 Å². The summed E-state index contributed by atoms with van der Waals surface area (Å²) in [6, 6.07) is 3.63. The van der Waals surface area contributed by atoms with Crippen LogP contribution in [0, 0.1) is 18.3 Å². The normalized spacial score (nSPS) is 23.2. The SMILES string of the molecule is COCCCN1C(=O)[C@H](CC(=O)NCc2ccc(C)o2)[C@]2(C(=O)OC)CCCCC=C12. The maximum Gasteiger partial charge on any atom is 0.318 e. The summed E-state index contributed by atoms with van der Waals surface area (Å²) < 4.78 is 15.8. The van der Waals surface area contributed by atoms with Crippen LogP contribution in [0.1, 0.15) is 50.0 Å². The number of hydrogen-bond donors (Lipinski definition) is 1. The van der Waals surface area contributed by atoms with Gasteiger partial charge in [0.2, 0.25) is 11.8 Å². The smallest absolute Gasteiger partial charge is 0.318 e. The number of nitrogens with zero attached hydrogens (tertiary/aromatic N) is 1. The van der Waals surface area contributed by atoms with Crippen molar-refractivity contribution in [1.82, 2.24) is 10.2 Å². The van der Waals surface area contributed by atoms with Crippen LogP contribution in [0.5, 0.6) is 0 Å². The van der Waals surface area contributed by atoms with Gasteiger partial charge in [0.1, 0.15) is 16.9 Å². The Morgan fingerprint density at radius 1 is 1.29 bits per heavy atom. The zero-order valence-corrected chi connectivity index (χ0v) is 18.6. The standard InChI is InChI=1S/C23H32N2O6/c1-16-9-10-17(31-16)15-24-20(26)14-18-21(27)25(12-7-13-29-2)19-8-5-4-6-11-23(18,19)22(28)30-3/h8-10,18H,4-7,11-15H2,1-3H3,(H,24,26)/t18-,23+/m0/s1. The molecule has 2 amide bonds. The monoisotopic (exact) mass is 432 g/mol. The van der Waals surface area contributed by atoms with Crippen LogP contribution in [0.4, 0.5) is 0 Å². The molecule has 3 rings (SSSR count). The number of methoxy groups -OCH3 is 2. The maximum absolute atomic E-state index is 13.5. The first-order valence-corrected chi connectivity index (χ1v) is 10.9. The van der Waals surface area contributed by atoms with Gasteiger partial charge in [0.15, 0.2) is 0 Å². The van der Waals surface area contributed by atoms with E-state index in [2.05, 4.69) is 5.32 Å². The lowest BCUT2D eigenvalue weighted by atomic mass is 9.71. The predicted molar refractivity (Wildman–Crippen MR) is 113 cm³/mol. The maximum atomic E-state index is 13.5. The van der Waals surface area contributed by atoms with Crippen molar-refractivity contribution in [2.75, 3.05) is 27.4 Å². The molecule has 2 atom stereocenters. The van der Waals surface area contributed by atoms with Crippen molar-refractivity contribution in [1.29, 1.82) is 0 Å². The van der Waals surface area contributed by atoms with E-state index in [0.29, 0.717) is 37.5 Å². The molecule has 170 valence electrons. The summed E-state index contributed by atoms with van der Waals surface area (Å²) in [6.07, 6.45) is 5.56. The van der Waals surface area contributed by atoms with Gasteiger partial charge in [-0.15, -0.1) is 0 Å². The van der Waals surface area contributed by atoms with Crippen molar-refractivity contribution >= 4 is 17.8 Å². The van der Waals surface area contributed by atoms with Crippen LogP contribution in [0.25, 0.3) is 0 Å². The molecule has 1 aromatic heterocycles. The molecule has 1 saturated heterocycles. The molecular weight excluding hydrogens is 400 g/mol. The van der Waals surface area contributed by atoms with Crippen molar-refractivity contribution in [3.05, 3.63) is 35.4 Å². The lowest BCUT2D eigenvalue weighted by molar-refractivity contribution is -0.155. The molecule has 0 spiro atoms. The molecule has 0 aromatic carbocycles. The molecule has 0 unspecified atom stereocenters. The van der Waals surface area contributed by atoms with E-state index < -0.39 is 17.3 Å². The summed E-state index contributed by atoms with van der Waals surface area (Å²) >= 11 is 0. The Balaban J connectivity index is 1.84. The first kappa shape index (κ1) is 23.1. The third-order valence-electron chi connectivity index (χ3n) is 6.19. The molecule has 1 fully saturated rings. The second kappa shape index (κ2) is 10.1. The third kappa shape index (κ3) is 4.69. The number of furan rings is 1. The quantitative estimate of drug-likeness (QED) is 0.476. The third-order valence-corrected chi connectivity index (χ3v) is 6.19. The van der Waals surface area contributed by atoms with Gasteiger partial charge in [-0.25, -0.2) is 0 Å². The van der Waals surface area contributed by atoms with Gasteiger partial charge in [-0.3, -0.25) is 14.4 Å². The van der Waals surface area contributed by atoms with Crippen molar-refractivity contribution in [3.63, 3.8) is 0 Å². The summed E-state index contributed by atoms with van der Waals surface area (Å²) in [4.78, 5) is 41.0. The van der Waals surface area contributed by atoms with Gasteiger partial charge in [-0.05, 0) is 44.7 Å². The molecule has 8 nitrogen and oxygen atoms in total. The van der Waals surface area contributed by atoms with Gasteiger partial charge in [0.05, 0.1) is 19.6 Å². The lowest BCUT2D eigenvalue weighted by Crippen LogP contribution is -2.41. The van der Waals surface area contributed by atoms with E-state index >= 15 is 0 Å². The predicted octanol–water partition coefficient (Wildman–Crippen LogP) is 2.71. The Hall–Kier alpha value is -2.61. The Bertz CT molecular complexity index is 845. The van der Waals surface area contributed by atoms with E-state index in [1.165, 1.54) is 7.11 Å². The van der Waals surface area contributed by atoms with Crippen molar-refractivity contribution in [2.45, 2.75) is 52.0 Å². The number of ether oxygens (including phenoxy) is 2. The highest BCUT2D eigenvalue weighted by Gasteiger charge is 2.61. The fourth-order valence-electron chi connectivity index (χ4n) is 4.73. The van der Waals surface area contributed by atoms with Crippen LogP contribution in [0.3, 0.4) is 0 Å². The molecule has 1 aromatic rings. The number of likely N-dealkylation sites (tertiary alicyclic amines) is 1. The molecule has 1 N–H and O–H groups in total. The molecular formula is C23H32N2O6. The minimum Gasteiger partial charge on any atom is -0.468 e. The molecule has 0 saturated carbocycles. The number of carbonyl (C=O) groups excluding carboxylic acids is 3. The van der Waals surface area contributed by atoms with Gasteiger partial charge >= 0.3 is 5.97 Å². The summed E-state index contributed by atoms with van der Waals surface area (Å²) in [5.74, 6) is -0.313. The first-order valence-electron chi connectivity index (χ1n) is 10.9. The van der Waals surface area contributed by atoms with E-state index in [0.717, 1.165) is 25.0 Å². The minimum absolute atomic E-state index is 0.0776. The van der Waals surface area contributed by atoms with Gasteiger partial charge in [0.25, 0.3) is 0 Å². The number of rotatable bonds is 9. The van der Waals surface area contributed by atoms with Gasteiger partial charge in [0, 0.05) is 32.4 Å². The summed E-state index contributed by atoms with van der Waals surface area (Å²) in [5.41, 5.74) is -0.425. The molecule has 8 heteroatoms. The number of amides is 2. The number of carbonyl (C=O) groups is 3. The van der Waals surface area contributed by atoms with Crippen LogP contribution in [-0.4, -0.2) is 50.1 Å². The second-order valence-corrected chi connectivity index (χ2v) is 8.18. The van der Waals surface area contributed by atoms with E-state index in [9.17, 15) is 14.4 Å². The minimum atomic E-state index is -1.12. The summed E-state index contributed by atoms with van der Waals surface area (Å²) in [7, 11) is 2.96. The fraction of sp³-hybridized carbons (Fsp3) is 0.609. The van der Waals surface area contributed by atoms with Gasteiger partial charge < -0.3 is 24.1 Å². The lowest BCUT2D eigenvalue weighted by Gasteiger charge is -2.31. The van der Waals surface area contributed by atoms with Crippen LogP contribution in [0.15, 0.2) is 28.3 Å². The highest BCUT2D eigenvalue weighted by Crippen LogP contribution is 2.52. The van der Waals surface area contributed by atoms with E-state index in [-0.39, 0.29) is 24.8 Å². The van der Waals surface area contributed by atoms with E-state index in [1.807, 2.05) is 19.1 Å². The van der Waals surface area contributed by atoms with Gasteiger partial charge in [-0.2, -0.15) is 0 Å². The number of aryl methyl sites for hydroxylation is 1. The Morgan fingerprint density at radius 2 is 2.10 bits per heavy atom. The average Bonchev–Trinajstić information content (AvgIpc) is 3.17. The van der Waals surface area contributed by atoms with Crippen LogP contribution >= 0.6 is 0 Å². The van der Waals surface area contributed by atoms with E-state index in [4.69, 9.17) is 13.9 Å². The van der Waals surface area contributed by atoms with Crippen molar-refractivity contribution in [3.8, 4) is 0 Å². The van der Waals surface area contributed by atoms with Gasteiger partial charge in [-0.1, -0.05) is 12.5 Å². The van der Waals surface area contributed by atoms with Crippen LogP contribution < -0.4 is 5.32 Å². The molecule has 1 aliphatic heterocycles. The van der Waals surface area contributed by atoms with Crippen molar-refractivity contribution in [2.24, 2.45) is 11.3 Å². The Labute approximate surface area is 182 Å².